The molecular weight excluding hydrogens is 464 g/mol. The van der Waals surface area contributed by atoms with E-state index in [1.807, 2.05) is 32.9 Å². The zero-order valence-corrected chi connectivity index (χ0v) is 20.3. The molecule has 10 heteroatoms. The highest BCUT2D eigenvalue weighted by atomic mass is 35.5. The van der Waals surface area contributed by atoms with Crippen LogP contribution < -0.4 is 5.32 Å². The lowest BCUT2D eigenvalue weighted by molar-refractivity contribution is -0.116. The van der Waals surface area contributed by atoms with E-state index >= 15 is 0 Å². The Labute approximate surface area is 200 Å². The Bertz CT molecular complexity index is 1150. The minimum Gasteiger partial charge on any atom is -0.444 e. The van der Waals surface area contributed by atoms with Gasteiger partial charge in [-0.1, -0.05) is 22.9 Å². The van der Waals surface area contributed by atoms with Crippen molar-refractivity contribution in [2.24, 2.45) is 0 Å². The van der Waals surface area contributed by atoms with Crippen LogP contribution in [0.15, 0.2) is 34.9 Å². The molecule has 1 N–H and O–H groups in total. The van der Waals surface area contributed by atoms with Crippen molar-refractivity contribution in [3.8, 4) is 11.3 Å². The van der Waals surface area contributed by atoms with Crippen LogP contribution in [0.5, 0.6) is 0 Å². The zero-order valence-electron chi connectivity index (χ0n) is 18.7. The number of nitrogens with zero attached hydrogens (tertiary/aromatic N) is 3. The van der Waals surface area contributed by atoms with Gasteiger partial charge >= 0.3 is 6.09 Å². The molecule has 4 rings (SSSR count). The number of benzene rings is 1. The third-order valence-electron chi connectivity index (χ3n) is 4.88. The number of thiazole rings is 1. The van der Waals surface area contributed by atoms with Gasteiger partial charge < -0.3 is 19.4 Å². The quantitative estimate of drug-likeness (QED) is 0.522. The molecule has 0 aliphatic carbocycles. The Kier molecular flexibility index (Phi) is 6.71. The molecule has 1 aromatic carbocycles. The number of halogens is 1. The molecular formula is C23H25ClN4O4S. The number of nitrogens with one attached hydrogen (secondary N) is 1. The monoisotopic (exact) mass is 488 g/mol. The summed E-state index contributed by atoms with van der Waals surface area (Å²) in [5.41, 5.74) is 1.25. The maximum Gasteiger partial charge on any atom is 0.410 e. The Morgan fingerprint density at radius 1 is 1.27 bits per heavy atom. The molecule has 0 atom stereocenters. The molecule has 3 heterocycles. The van der Waals surface area contributed by atoms with Gasteiger partial charge in [0.05, 0.1) is 18.4 Å². The summed E-state index contributed by atoms with van der Waals surface area (Å²) in [5.74, 6) is 0.946. The average Bonchev–Trinajstić information content (AvgIpc) is 3.37. The topological polar surface area (TPSA) is 97.6 Å². The molecule has 1 aliphatic heterocycles. The molecule has 8 nitrogen and oxygen atoms in total. The van der Waals surface area contributed by atoms with Gasteiger partial charge in [-0.15, -0.1) is 0 Å². The summed E-state index contributed by atoms with van der Waals surface area (Å²) >= 11 is 7.30. The first-order chi connectivity index (χ1) is 15.7. The van der Waals surface area contributed by atoms with Crippen molar-refractivity contribution >= 4 is 40.1 Å². The van der Waals surface area contributed by atoms with Gasteiger partial charge in [-0.3, -0.25) is 4.79 Å². The van der Waals surface area contributed by atoms with Gasteiger partial charge in [0.25, 0.3) is 0 Å². The third kappa shape index (κ3) is 6.11. The van der Waals surface area contributed by atoms with Crippen molar-refractivity contribution < 1.29 is 18.7 Å². The smallest absolute Gasteiger partial charge is 0.410 e. The molecule has 0 radical (unpaired) electrons. The van der Waals surface area contributed by atoms with E-state index in [-0.39, 0.29) is 18.4 Å². The van der Waals surface area contributed by atoms with E-state index in [9.17, 15) is 9.59 Å². The number of rotatable bonds is 5. The van der Waals surface area contributed by atoms with Gasteiger partial charge in [0, 0.05) is 41.3 Å². The Morgan fingerprint density at radius 3 is 2.76 bits per heavy atom. The van der Waals surface area contributed by atoms with E-state index < -0.39 is 5.60 Å². The molecule has 0 saturated carbocycles. The van der Waals surface area contributed by atoms with Gasteiger partial charge in [-0.05, 0) is 45.0 Å². The average molecular weight is 489 g/mol. The van der Waals surface area contributed by atoms with E-state index in [0.717, 1.165) is 16.1 Å². The standard InChI is InChI=1S/C23H25ClN4O4S/c1-23(2,3)32-22(30)28-11-10-16-18(13-28)33-21(26-16)27-19(29)8-9-20-25-12-17(31-20)14-4-6-15(24)7-5-14/h4-7,12H,8-11,13H2,1-3H3,(H,26,27,29). The van der Waals surface area contributed by atoms with Crippen LogP contribution in [0, 0.1) is 0 Å². The highest BCUT2D eigenvalue weighted by molar-refractivity contribution is 7.15. The molecule has 0 bridgehead atoms. The predicted octanol–water partition coefficient (Wildman–Crippen LogP) is 5.32. The van der Waals surface area contributed by atoms with E-state index in [0.29, 0.717) is 47.7 Å². The van der Waals surface area contributed by atoms with E-state index in [4.69, 9.17) is 20.8 Å². The predicted molar refractivity (Wildman–Crippen MR) is 126 cm³/mol. The third-order valence-corrected chi connectivity index (χ3v) is 6.13. The molecule has 2 amide bonds. The summed E-state index contributed by atoms with van der Waals surface area (Å²) in [6.45, 7) is 6.51. The first-order valence-corrected chi connectivity index (χ1v) is 11.8. The fourth-order valence-corrected chi connectivity index (χ4v) is 4.47. The second kappa shape index (κ2) is 9.52. The minimum absolute atomic E-state index is 0.170. The van der Waals surface area contributed by atoms with Crippen LogP contribution in [0.2, 0.25) is 5.02 Å². The SMILES string of the molecule is CC(C)(C)OC(=O)N1CCc2nc(NC(=O)CCc3ncc(-c4ccc(Cl)cc4)o3)sc2C1. The van der Waals surface area contributed by atoms with Crippen molar-refractivity contribution in [1.29, 1.82) is 0 Å². The number of carbonyl (C=O) groups excluding carboxylic acids is 2. The van der Waals surface area contributed by atoms with Crippen LogP contribution in [-0.2, 0) is 28.9 Å². The number of oxazole rings is 1. The van der Waals surface area contributed by atoms with Crippen LogP contribution >= 0.6 is 22.9 Å². The van der Waals surface area contributed by atoms with Gasteiger partial charge in [-0.2, -0.15) is 0 Å². The molecule has 2 aromatic heterocycles. The zero-order chi connectivity index (χ0) is 23.6. The van der Waals surface area contributed by atoms with Crippen LogP contribution in [-0.4, -0.2) is 39.0 Å². The van der Waals surface area contributed by atoms with Crippen molar-refractivity contribution in [3.05, 3.63) is 51.9 Å². The van der Waals surface area contributed by atoms with Gasteiger partial charge in [0.2, 0.25) is 5.91 Å². The number of carbonyl (C=O) groups is 2. The Hall–Kier alpha value is -2.91. The molecule has 174 valence electrons. The molecule has 33 heavy (non-hydrogen) atoms. The Morgan fingerprint density at radius 2 is 2.03 bits per heavy atom. The van der Waals surface area contributed by atoms with E-state index in [1.165, 1.54) is 11.3 Å². The molecule has 0 spiro atoms. The summed E-state index contributed by atoms with van der Waals surface area (Å²) in [4.78, 5) is 36.2. The van der Waals surface area contributed by atoms with Crippen LogP contribution in [0.3, 0.4) is 0 Å². The van der Waals surface area contributed by atoms with Crippen molar-refractivity contribution in [1.82, 2.24) is 14.9 Å². The number of amides is 2. The minimum atomic E-state index is -0.539. The molecule has 0 saturated heterocycles. The Balaban J connectivity index is 1.30. The number of aromatic nitrogens is 2. The summed E-state index contributed by atoms with van der Waals surface area (Å²) in [7, 11) is 0. The summed E-state index contributed by atoms with van der Waals surface area (Å²) < 4.78 is 11.2. The van der Waals surface area contributed by atoms with Crippen molar-refractivity contribution in [3.63, 3.8) is 0 Å². The van der Waals surface area contributed by atoms with Crippen molar-refractivity contribution in [2.75, 3.05) is 11.9 Å². The highest BCUT2D eigenvalue weighted by Crippen LogP contribution is 2.29. The fraction of sp³-hybridized carbons (Fsp3) is 0.391. The number of fused-ring (bicyclic) bond motifs is 1. The lowest BCUT2D eigenvalue weighted by atomic mass is 10.2. The van der Waals surface area contributed by atoms with Crippen LogP contribution in [0.25, 0.3) is 11.3 Å². The van der Waals surface area contributed by atoms with Gasteiger partial charge in [0.1, 0.15) is 5.60 Å². The summed E-state index contributed by atoms with van der Waals surface area (Å²) in [5, 5.41) is 4.03. The second-order valence-corrected chi connectivity index (χ2v) is 10.2. The summed E-state index contributed by atoms with van der Waals surface area (Å²) in [6, 6.07) is 7.28. The maximum absolute atomic E-state index is 12.4. The highest BCUT2D eigenvalue weighted by Gasteiger charge is 2.28. The maximum atomic E-state index is 12.4. The number of ether oxygens (including phenoxy) is 1. The normalized spacial score (nSPS) is 13.5. The number of hydrogen-bond donors (Lipinski definition) is 1. The van der Waals surface area contributed by atoms with E-state index in [1.54, 1.807) is 23.2 Å². The largest absolute Gasteiger partial charge is 0.444 e. The van der Waals surface area contributed by atoms with Crippen molar-refractivity contribution in [2.45, 2.75) is 52.2 Å². The first-order valence-electron chi connectivity index (χ1n) is 10.6. The van der Waals surface area contributed by atoms with Crippen LogP contribution in [0.1, 0.15) is 43.7 Å². The van der Waals surface area contributed by atoms with E-state index in [2.05, 4.69) is 15.3 Å². The first kappa shape index (κ1) is 23.3. The lowest BCUT2D eigenvalue weighted by Crippen LogP contribution is -2.39. The number of aryl methyl sites for hydroxylation is 1. The number of hydrogen-bond acceptors (Lipinski definition) is 7. The summed E-state index contributed by atoms with van der Waals surface area (Å²) in [6.07, 6.45) is 2.52. The molecule has 3 aromatic rings. The molecule has 0 fully saturated rings. The second-order valence-electron chi connectivity index (χ2n) is 8.71. The van der Waals surface area contributed by atoms with Crippen LogP contribution in [0.4, 0.5) is 9.93 Å². The lowest BCUT2D eigenvalue weighted by Gasteiger charge is -2.29. The molecule has 1 aliphatic rings. The van der Waals surface area contributed by atoms with Gasteiger partial charge in [0.15, 0.2) is 16.8 Å². The fourth-order valence-electron chi connectivity index (χ4n) is 3.31. The number of anilines is 1. The van der Waals surface area contributed by atoms with Gasteiger partial charge in [-0.25, -0.2) is 14.8 Å². The molecule has 0 unspecified atom stereocenters.